The van der Waals surface area contributed by atoms with Crippen molar-refractivity contribution in [3.05, 3.63) is 74.9 Å². The van der Waals surface area contributed by atoms with Crippen molar-refractivity contribution in [2.45, 2.75) is 32.4 Å². The van der Waals surface area contributed by atoms with E-state index >= 15 is 0 Å². The molecule has 3 amide bonds. The number of carbonyl (C=O) groups is 2. The van der Waals surface area contributed by atoms with Crippen LogP contribution in [0.2, 0.25) is 0 Å². The molecule has 32 heavy (non-hydrogen) atoms. The number of aromatic nitrogens is 2. The number of H-pyrrole nitrogens is 1. The summed E-state index contributed by atoms with van der Waals surface area (Å²) in [6, 6.07) is 13.7. The third-order valence-electron chi connectivity index (χ3n) is 5.69. The molecule has 2 heterocycles. The molecule has 0 unspecified atom stereocenters. The van der Waals surface area contributed by atoms with Crippen LogP contribution < -0.4 is 21.9 Å². The number of nitrogens with zero attached hydrogens (tertiary/aromatic N) is 2. The smallest absolute Gasteiger partial charge is 0.328 e. The van der Waals surface area contributed by atoms with E-state index in [-0.39, 0.29) is 30.1 Å². The van der Waals surface area contributed by atoms with Gasteiger partial charge in [-0.05, 0) is 50.1 Å². The Morgan fingerprint density at radius 3 is 2.47 bits per heavy atom. The predicted octanol–water partition coefficient (Wildman–Crippen LogP) is 2.14. The fourth-order valence-electron chi connectivity index (χ4n) is 3.96. The average Bonchev–Trinajstić information content (AvgIpc) is 2.79. The number of anilines is 1. The number of aromatic amines is 1. The number of hydrogen-bond donors (Lipinski definition) is 3. The van der Waals surface area contributed by atoms with E-state index < -0.39 is 5.69 Å². The minimum atomic E-state index is -0.490. The monoisotopic (exact) mass is 435 g/mol. The van der Waals surface area contributed by atoms with Crippen LogP contribution in [0.3, 0.4) is 0 Å². The van der Waals surface area contributed by atoms with E-state index in [4.69, 9.17) is 0 Å². The van der Waals surface area contributed by atoms with Gasteiger partial charge in [-0.1, -0.05) is 18.2 Å². The number of amides is 3. The Labute approximate surface area is 184 Å². The van der Waals surface area contributed by atoms with E-state index in [1.807, 2.05) is 30.3 Å². The van der Waals surface area contributed by atoms with Crippen LogP contribution in [0.25, 0.3) is 10.9 Å². The van der Waals surface area contributed by atoms with E-state index in [1.165, 1.54) is 0 Å². The second-order valence-corrected chi connectivity index (χ2v) is 7.77. The first-order valence-electron chi connectivity index (χ1n) is 10.6. The summed E-state index contributed by atoms with van der Waals surface area (Å²) in [6.07, 6.45) is 1.28. The van der Waals surface area contributed by atoms with Crippen LogP contribution in [0.1, 0.15) is 30.1 Å². The Kier molecular flexibility index (Phi) is 6.07. The number of benzene rings is 2. The van der Waals surface area contributed by atoms with Crippen LogP contribution in [0.15, 0.2) is 58.1 Å². The Balaban J connectivity index is 1.39. The third-order valence-corrected chi connectivity index (χ3v) is 5.69. The highest BCUT2D eigenvalue weighted by Crippen LogP contribution is 2.17. The third kappa shape index (κ3) is 4.41. The summed E-state index contributed by atoms with van der Waals surface area (Å²) in [5.74, 6) is -0.167. The zero-order chi connectivity index (χ0) is 22.7. The van der Waals surface area contributed by atoms with Gasteiger partial charge in [-0.3, -0.25) is 14.2 Å². The van der Waals surface area contributed by atoms with Crippen LogP contribution in [0.5, 0.6) is 0 Å². The van der Waals surface area contributed by atoms with E-state index in [9.17, 15) is 19.2 Å². The van der Waals surface area contributed by atoms with E-state index in [1.54, 1.807) is 30.0 Å². The summed E-state index contributed by atoms with van der Waals surface area (Å²) >= 11 is 0. The fraction of sp³-hybridized carbons (Fsp3) is 0.304. The number of urea groups is 1. The van der Waals surface area contributed by atoms with Gasteiger partial charge in [0, 0.05) is 36.9 Å². The van der Waals surface area contributed by atoms with Crippen molar-refractivity contribution in [2.75, 3.05) is 18.4 Å². The first-order chi connectivity index (χ1) is 15.5. The summed E-state index contributed by atoms with van der Waals surface area (Å²) < 4.78 is 1.12. The molecule has 0 bridgehead atoms. The topological polar surface area (TPSA) is 116 Å². The zero-order valence-electron chi connectivity index (χ0n) is 17.8. The maximum absolute atomic E-state index is 13.0. The van der Waals surface area contributed by atoms with E-state index in [0.717, 1.165) is 10.3 Å². The number of likely N-dealkylation sites (tertiary alicyclic amines) is 1. The number of para-hydroxylation sites is 1. The summed E-state index contributed by atoms with van der Waals surface area (Å²) in [6.45, 7) is 3.00. The molecule has 3 N–H and O–H groups in total. The van der Waals surface area contributed by atoms with Gasteiger partial charge in [0.1, 0.15) is 0 Å². The average molecular weight is 435 g/mol. The number of rotatable bonds is 4. The van der Waals surface area contributed by atoms with Gasteiger partial charge in [0.05, 0.1) is 10.9 Å². The lowest BCUT2D eigenvalue weighted by Gasteiger charge is -2.32. The molecule has 1 aliphatic heterocycles. The number of carbonyl (C=O) groups excluding carboxylic acids is 2. The number of piperidine rings is 1. The highest BCUT2D eigenvalue weighted by molar-refractivity contribution is 5.97. The summed E-state index contributed by atoms with van der Waals surface area (Å²) in [7, 11) is 0. The lowest BCUT2D eigenvalue weighted by atomic mass is 10.0. The van der Waals surface area contributed by atoms with Crippen molar-refractivity contribution in [2.24, 2.45) is 0 Å². The molecule has 0 atom stereocenters. The van der Waals surface area contributed by atoms with Crippen LogP contribution >= 0.6 is 0 Å². The molecule has 0 spiro atoms. The van der Waals surface area contributed by atoms with Gasteiger partial charge in [0.25, 0.3) is 11.5 Å². The number of fused-ring (bicyclic) bond motifs is 1. The molecule has 0 aliphatic carbocycles. The Bertz CT molecular complexity index is 1260. The summed E-state index contributed by atoms with van der Waals surface area (Å²) in [4.78, 5) is 54.0. The standard InChI is InChI=1S/C23H25N5O4/c1-2-28-21(30)18-9-8-15(14-19(18)26-23(28)32)20(29)27-12-10-17(11-13-27)25-22(31)24-16-6-4-3-5-7-16/h3-9,14,17H,2,10-13H2,1H3,(H,26,32)(H2,24,25,31). The molecule has 0 saturated carbocycles. The van der Waals surface area contributed by atoms with Crippen molar-refractivity contribution in [1.29, 1.82) is 0 Å². The fourth-order valence-corrected chi connectivity index (χ4v) is 3.96. The van der Waals surface area contributed by atoms with Crippen molar-refractivity contribution in [1.82, 2.24) is 19.8 Å². The van der Waals surface area contributed by atoms with Crippen LogP contribution in [0, 0.1) is 0 Å². The lowest BCUT2D eigenvalue weighted by Crippen LogP contribution is -2.47. The molecule has 1 fully saturated rings. The van der Waals surface area contributed by atoms with Crippen molar-refractivity contribution < 1.29 is 9.59 Å². The van der Waals surface area contributed by atoms with Gasteiger partial charge < -0.3 is 20.5 Å². The molecule has 0 radical (unpaired) electrons. The maximum atomic E-state index is 13.0. The molecule has 9 nitrogen and oxygen atoms in total. The minimum Gasteiger partial charge on any atom is -0.338 e. The molecule has 4 rings (SSSR count). The number of hydrogen-bond acceptors (Lipinski definition) is 4. The highest BCUT2D eigenvalue weighted by atomic mass is 16.2. The number of nitrogens with one attached hydrogen (secondary N) is 3. The molecule has 9 heteroatoms. The quantitative estimate of drug-likeness (QED) is 0.582. The molecule has 3 aromatic rings. The van der Waals surface area contributed by atoms with Gasteiger partial charge in [-0.15, -0.1) is 0 Å². The van der Waals surface area contributed by atoms with Gasteiger partial charge in [-0.2, -0.15) is 0 Å². The Hall–Kier alpha value is -3.88. The van der Waals surface area contributed by atoms with Crippen molar-refractivity contribution >= 4 is 28.5 Å². The minimum absolute atomic E-state index is 0.0248. The Morgan fingerprint density at radius 1 is 1.06 bits per heavy atom. The molecule has 1 aliphatic rings. The van der Waals surface area contributed by atoms with Crippen LogP contribution in [-0.4, -0.2) is 45.5 Å². The van der Waals surface area contributed by atoms with Crippen molar-refractivity contribution in [3.63, 3.8) is 0 Å². The first kappa shape index (κ1) is 21.4. The maximum Gasteiger partial charge on any atom is 0.328 e. The second-order valence-electron chi connectivity index (χ2n) is 7.77. The normalized spacial score (nSPS) is 14.3. The molecule has 2 aromatic carbocycles. The highest BCUT2D eigenvalue weighted by Gasteiger charge is 2.25. The largest absolute Gasteiger partial charge is 0.338 e. The van der Waals surface area contributed by atoms with Gasteiger partial charge >= 0.3 is 11.7 Å². The predicted molar refractivity (Wildman–Crippen MR) is 122 cm³/mol. The molecule has 1 aromatic heterocycles. The van der Waals surface area contributed by atoms with Crippen LogP contribution in [-0.2, 0) is 6.54 Å². The van der Waals surface area contributed by atoms with Gasteiger partial charge in [0.2, 0.25) is 0 Å². The van der Waals surface area contributed by atoms with Gasteiger partial charge in [-0.25, -0.2) is 9.59 Å². The molecular formula is C23H25N5O4. The Morgan fingerprint density at radius 2 is 1.78 bits per heavy atom. The van der Waals surface area contributed by atoms with Gasteiger partial charge in [0.15, 0.2) is 0 Å². The van der Waals surface area contributed by atoms with Crippen molar-refractivity contribution in [3.8, 4) is 0 Å². The first-order valence-corrected chi connectivity index (χ1v) is 10.6. The summed E-state index contributed by atoms with van der Waals surface area (Å²) in [5.41, 5.74) is 0.624. The molecule has 166 valence electrons. The van der Waals surface area contributed by atoms with E-state index in [2.05, 4.69) is 15.6 Å². The van der Waals surface area contributed by atoms with E-state index in [0.29, 0.717) is 42.4 Å². The zero-order valence-corrected chi connectivity index (χ0v) is 17.8. The summed E-state index contributed by atoms with van der Waals surface area (Å²) in [5, 5.41) is 6.12. The second kappa shape index (κ2) is 9.09. The molecular weight excluding hydrogens is 410 g/mol. The lowest BCUT2D eigenvalue weighted by molar-refractivity contribution is 0.0709. The SMILES string of the molecule is CCn1c(=O)[nH]c2cc(C(=O)N3CCC(NC(=O)Nc4ccccc4)CC3)ccc2c1=O. The van der Waals surface area contributed by atoms with Crippen LogP contribution in [0.4, 0.5) is 10.5 Å². The molecule has 1 saturated heterocycles.